The van der Waals surface area contributed by atoms with Crippen molar-refractivity contribution in [3.05, 3.63) is 59.4 Å². The molecule has 0 aliphatic heterocycles. The van der Waals surface area contributed by atoms with Crippen LogP contribution in [0, 0.1) is 12.7 Å². The lowest BCUT2D eigenvalue weighted by Gasteiger charge is -2.11. The second-order valence-electron chi connectivity index (χ2n) is 4.65. The van der Waals surface area contributed by atoms with Crippen LogP contribution in [0.1, 0.15) is 11.1 Å². The van der Waals surface area contributed by atoms with E-state index in [9.17, 15) is 9.18 Å². The van der Waals surface area contributed by atoms with Crippen molar-refractivity contribution in [1.82, 2.24) is 0 Å². The van der Waals surface area contributed by atoms with E-state index in [0.717, 1.165) is 11.1 Å². The van der Waals surface area contributed by atoms with E-state index in [0.29, 0.717) is 18.0 Å². The van der Waals surface area contributed by atoms with Gasteiger partial charge in [-0.25, -0.2) is 4.39 Å². The lowest BCUT2D eigenvalue weighted by molar-refractivity contribution is -0.118. The van der Waals surface area contributed by atoms with Crippen LogP contribution in [-0.4, -0.2) is 12.5 Å². The van der Waals surface area contributed by atoms with Gasteiger partial charge in [-0.15, -0.1) is 0 Å². The molecule has 0 aromatic heterocycles. The highest BCUT2D eigenvalue weighted by molar-refractivity contribution is 5.91. The maximum absolute atomic E-state index is 13.0. The third kappa shape index (κ3) is 4.29. The Morgan fingerprint density at radius 2 is 2.10 bits per heavy atom. The van der Waals surface area contributed by atoms with Gasteiger partial charge in [-0.05, 0) is 42.3 Å². The summed E-state index contributed by atoms with van der Waals surface area (Å²) in [4.78, 5) is 11.8. The lowest BCUT2D eigenvalue weighted by Crippen LogP contribution is -2.20. The largest absolute Gasteiger partial charge is 0.483 e. The molecule has 3 N–H and O–H groups in total. The number of carbonyl (C=O) groups excluding carboxylic acids is 1. The fourth-order valence-corrected chi connectivity index (χ4v) is 1.83. The van der Waals surface area contributed by atoms with Gasteiger partial charge in [-0.1, -0.05) is 18.2 Å². The van der Waals surface area contributed by atoms with Gasteiger partial charge in [-0.2, -0.15) is 0 Å². The van der Waals surface area contributed by atoms with Crippen LogP contribution >= 0.6 is 0 Å². The zero-order chi connectivity index (χ0) is 15.2. The zero-order valence-corrected chi connectivity index (χ0v) is 11.7. The molecule has 0 atom stereocenters. The third-order valence-corrected chi connectivity index (χ3v) is 2.96. The summed E-state index contributed by atoms with van der Waals surface area (Å²) in [6.07, 6.45) is 0. The summed E-state index contributed by atoms with van der Waals surface area (Å²) in [5.41, 5.74) is 7.82. The predicted molar refractivity (Wildman–Crippen MR) is 79.6 cm³/mol. The average molecular weight is 288 g/mol. The normalized spacial score (nSPS) is 10.2. The van der Waals surface area contributed by atoms with Gasteiger partial charge in [0, 0.05) is 12.2 Å². The molecule has 110 valence electrons. The fraction of sp³-hybridized carbons (Fsp3) is 0.188. The molecule has 0 radical (unpaired) electrons. The number of nitrogens with two attached hydrogens (primary N) is 1. The van der Waals surface area contributed by atoms with Crippen LogP contribution in [-0.2, 0) is 11.3 Å². The van der Waals surface area contributed by atoms with E-state index < -0.39 is 5.82 Å². The van der Waals surface area contributed by atoms with Gasteiger partial charge >= 0.3 is 0 Å². The summed E-state index contributed by atoms with van der Waals surface area (Å²) in [6, 6.07) is 11.3. The number of ether oxygens (including phenoxy) is 1. The minimum absolute atomic E-state index is 0.147. The number of anilines is 1. The van der Waals surface area contributed by atoms with E-state index >= 15 is 0 Å². The smallest absolute Gasteiger partial charge is 0.262 e. The summed E-state index contributed by atoms with van der Waals surface area (Å²) in [7, 11) is 0. The number of rotatable bonds is 5. The Labute approximate surface area is 122 Å². The molecule has 0 aliphatic carbocycles. The maximum Gasteiger partial charge on any atom is 0.262 e. The molecule has 0 saturated carbocycles. The molecule has 2 aromatic carbocycles. The van der Waals surface area contributed by atoms with Crippen LogP contribution in [0.4, 0.5) is 10.1 Å². The predicted octanol–water partition coefficient (Wildman–Crippen LogP) is 2.61. The third-order valence-electron chi connectivity index (χ3n) is 2.96. The first-order chi connectivity index (χ1) is 10.1. The highest BCUT2D eigenvalue weighted by atomic mass is 19.1. The van der Waals surface area contributed by atoms with E-state index in [1.807, 2.05) is 25.1 Å². The van der Waals surface area contributed by atoms with Crippen molar-refractivity contribution in [3.8, 4) is 5.75 Å². The van der Waals surface area contributed by atoms with Crippen LogP contribution < -0.4 is 15.8 Å². The van der Waals surface area contributed by atoms with Crippen LogP contribution in [0.3, 0.4) is 0 Å². The second-order valence-corrected chi connectivity index (χ2v) is 4.65. The fourth-order valence-electron chi connectivity index (χ4n) is 1.83. The zero-order valence-electron chi connectivity index (χ0n) is 11.7. The summed E-state index contributed by atoms with van der Waals surface area (Å²) >= 11 is 0. The number of benzene rings is 2. The molecule has 0 bridgehead atoms. The summed E-state index contributed by atoms with van der Waals surface area (Å²) < 4.78 is 18.5. The molecule has 0 aliphatic rings. The second kappa shape index (κ2) is 6.85. The number of nitrogens with one attached hydrogen (secondary N) is 1. The topological polar surface area (TPSA) is 64.3 Å². The molecule has 5 heteroatoms. The first-order valence-electron chi connectivity index (χ1n) is 6.56. The Morgan fingerprint density at radius 3 is 2.81 bits per heavy atom. The van der Waals surface area contributed by atoms with Gasteiger partial charge in [0.25, 0.3) is 5.91 Å². The number of halogens is 1. The van der Waals surface area contributed by atoms with Crippen LogP contribution in [0.25, 0.3) is 0 Å². The monoisotopic (exact) mass is 288 g/mol. The van der Waals surface area contributed by atoms with Gasteiger partial charge in [0.05, 0.1) is 0 Å². The SMILES string of the molecule is Cc1ccc(CN)cc1OCC(=O)Nc1cccc(F)c1. The van der Waals surface area contributed by atoms with Gasteiger partial charge in [0.2, 0.25) is 0 Å². The number of hydrogen-bond acceptors (Lipinski definition) is 3. The van der Waals surface area contributed by atoms with Gasteiger partial charge in [-0.3, -0.25) is 4.79 Å². The van der Waals surface area contributed by atoms with Crippen LogP contribution in [0.15, 0.2) is 42.5 Å². The first-order valence-corrected chi connectivity index (χ1v) is 6.56. The molecule has 0 fully saturated rings. The number of aryl methyl sites for hydroxylation is 1. The molecule has 0 spiro atoms. The summed E-state index contributed by atoms with van der Waals surface area (Å²) in [5, 5.41) is 2.57. The van der Waals surface area contributed by atoms with E-state index in [4.69, 9.17) is 10.5 Å². The molecule has 0 unspecified atom stereocenters. The molecule has 2 rings (SSSR count). The Balaban J connectivity index is 1.95. The molecule has 2 aromatic rings. The molecule has 21 heavy (non-hydrogen) atoms. The lowest BCUT2D eigenvalue weighted by atomic mass is 10.1. The number of amides is 1. The molecular weight excluding hydrogens is 271 g/mol. The minimum atomic E-state index is -0.403. The average Bonchev–Trinajstić information content (AvgIpc) is 2.46. The Kier molecular flexibility index (Phi) is 4.90. The van der Waals surface area contributed by atoms with Crippen molar-refractivity contribution in [1.29, 1.82) is 0 Å². The Bertz CT molecular complexity index is 644. The first kappa shape index (κ1) is 15.0. The van der Waals surface area contributed by atoms with Crippen molar-refractivity contribution >= 4 is 11.6 Å². The molecular formula is C16H17FN2O2. The van der Waals surface area contributed by atoms with Crippen molar-refractivity contribution in [2.45, 2.75) is 13.5 Å². The highest BCUT2D eigenvalue weighted by Gasteiger charge is 2.06. The number of carbonyl (C=O) groups is 1. The molecule has 0 saturated heterocycles. The van der Waals surface area contributed by atoms with E-state index in [-0.39, 0.29) is 12.5 Å². The van der Waals surface area contributed by atoms with E-state index in [1.54, 1.807) is 6.07 Å². The standard InChI is InChI=1S/C16H17FN2O2/c1-11-5-6-12(9-18)7-15(11)21-10-16(20)19-14-4-2-3-13(17)8-14/h2-8H,9-10,18H2,1H3,(H,19,20). The van der Waals surface area contributed by atoms with Crippen molar-refractivity contribution < 1.29 is 13.9 Å². The van der Waals surface area contributed by atoms with Crippen molar-refractivity contribution in [2.24, 2.45) is 5.73 Å². The van der Waals surface area contributed by atoms with Gasteiger partial charge in [0.15, 0.2) is 6.61 Å². The summed E-state index contributed by atoms with van der Waals surface area (Å²) in [5.74, 6) is -0.134. The van der Waals surface area contributed by atoms with E-state index in [1.165, 1.54) is 18.2 Å². The van der Waals surface area contributed by atoms with Crippen LogP contribution in [0.2, 0.25) is 0 Å². The highest BCUT2D eigenvalue weighted by Crippen LogP contribution is 2.19. The quantitative estimate of drug-likeness (QED) is 0.889. The van der Waals surface area contributed by atoms with Gasteiger partial charge < -0.3 is 15.8 Å². The Hall–Kier alpha value is -2.40. The van der Waals surface area contributed by atoms with Crippen molar-refractivity contribution in [2.75, 3.05) is 11.9 Å². The molecule has 0 heterocycles. The molecule has 1 amide bonds. The number of hydrogen-bond donors (Lipinski definition) is 2. The maximum atomic E-state index is 13.0. The minimum Gasteiger partial charge on any atom is -0.483 e. The molecule has 4 nitrogen and oxygen atoms in total. The summed E-state index contributed by atoms with van der Waals surface area (Å²) in [6.45, 7) is 2.15. The van der Waals surface area contributed by atoms with E-state index in [2.05, 4.69) is 5.32 Å². The Morgan fingerprint density at radius 1 is 1.29 bits per heavy atom. The van der Waals surface area contributed by atoms with Gasteiger partial charge in [0.1, 0.15) is 11.6 Å². The van der Waals surface area contributed by atoms with Crippen LogP contribution in [0.5, 0.6) is 5.75 Å². The van der Waals surface area contributed by atoms with Crippen molar-refractivity contribution in [3.63, 3.8) is 0 Å².